The van der Waals surface area contributed by atoms with Crippen LogP contribution in [0.5, 0.6) is 0 Å². The van der Waals surface area contributed by atoms with Gasteiger partial charge in [0.25, 0.3) is 5.91 Å². The minimum atomic E-state index is -0.487. The second-order valence-electron chi connectivity index (χ2n) is 6.45. The van der Waals surface area contributed by atoms with Gasteiger partial charge in [0.2, 0.25) is 5.91 Å². The molecule has 1 N–H and O–H groups in total. The van der Waals surface area contributed by atoms with Crippen molar-refractivity contribution in [3.05, 3.63) is 35.9 Å². The predicted octanol–water partition coefficient (Wildman–Crippen LogP) is 1.57. The maximum atomic E-state index is 12.5. The summed E-state index contributed by atoms with van der Waals surface area (Å²) in [5, 5.41) is 15.9. The Bertz CT molecular complexity index is 636. The summed E-state index contributed by atoms with van der Waals surface area (Å²) in [6.07, 6.45) is 1.80. The van der Waals surface area contributed by atoms with Crippen LogP contribution in [0.1, 0.15) is 37.4 Å². The van der Waals surface area contributed by atoms with E-state index in [2.05, 4.69) is 5.10 Å². The minimum Gasteiger partial charge on any atom is -0.388 e. The largest absolute Gasteiger partial charge is 0.388 e. The van der Waals surface area contributed by atoms with Crippen LogP contribution >= 0.6 is 0 Å². The Morgan fingerprint density at radius 2 is 1.88 bits per heavy atom. The first-order chi connectivity index (χ1) is 11.6. The molecular formula is C18H23N3O3. The third-order valence-corrected chi connectivity index (χ3v) is 4.87. The monoisotopic (exact) mass is 329 g/mol. The number of amides is 2. The molecule has 1 fully saturated rings. The van der Waals surface area contributed by atoms with E-state index in [1.807, 2.05) is 30.3 Å². The van der Waals surface area contributed by atoms with Crippen LogP contribution in [0.2, 0.25) is 0 Å². The molecule has 0 spiro atoms. The summed E-state index contributed by atoms with van der Waals surface area (Å²) in [4.78, 5) is 25.8. The van der Waals surface area contributed by atoms with Gasteiger partial charge in [-0.1, -0.05) is 30.3 Å². The van der Waals surface area contributed by atoms with E-state index in [-0.39, 0.29) is 17.7 Å². The van der Waals surface area contributed by atoms with Gasteiger partial charge in [0.15, 0.2) is 0 Å². The lowest BCUT2D eigenvalue weighted by Gasteiger charge is -2.35. The average Bonchev–Trinajstić information content (AvgIpc) is 2.63. The van der Waals surface area contributed by atoms with Gasteiger partial charge in [-0.3, -0.25) is 9.59 Å². The third-order valence-electron chi connectivity index (χ3n) is 4.87. The summed E-state index contributed by atoms with van der Waals surface area (Å²) < 4.78 is 0. The van der Waals surface area contributed by atoms with Crippen molar-refractivity contribution in [3.63, 3.8) is 0 Å². The van der Waals surface area contributed by atoms with Gasteiger partial charge in [0.05, 0.1) is 6.10 Å². The third kappa shape index (κ3) is 3.48. The van der Waals surface area contributed by atoms with Crippen LogP contribution < -0.4 is 0 Å². The molecular weight excluding hydrogens is 306 g/mol. The molecule has 2 aliphatic heterocycles. The second-order valence-corrected chi connectivity index (χ2v) is 6.45. The normalized spacial score (nSPS) is 20.8. The standard InChI is InChI=1S/C18H23N3O3/c1-20-16(22)8-7-15(19-20)18(24)21-11-9-14(10-12-21)17(23)13-5-3-2-4-6-13/h2-6,14,17,23H,7-12H2,1H3. The van der Waals surface area contributed by atoms with Crippen LogP contribution in [0.3, 0.4) is 0 Å². The van der Waals surface area contributed by atoms with Crippen LogP contribution in [0, 0.1) is 5.92 Å². The minimum absolute atomic E-state index is 0.0590. The van der Waals surface area contributed by atoms with E-state index in [0.29, 0.717) is 31.6 Å². The molecule has 0 radical (unpaired) electrons. The molecule has 1 atom stereocenters. The first-order valence-corrected chi connectivity index (χ1v) is 8.42. The van der Waals surface area contributed by atoms with Crippen molar-refractivity contribution in [2.45, 2.75) is 31.8 Å². The number of carbonyl (C=O) groups is 2. The SMILES string of the molecule is CN1N=C(C(=O)N2CCC(C(O)c3ccccc3)CC2)CCC1=O. The topological polar surface area (TPSA) is 73.2 Å². The van der Waals surface area contributed by atoms with E-state index in [0.717, 1.165) is 18.4 Å². The summed E-state index contributed by atoms with van der Waals surface area (Å²) in [5.74, 6) is 0.0206. The Balaban J connectivity index is 1.58. The highest BCUT2D eigenvalue weighted by Crippen LogP contribution is 2.30. The zero-order chi connectivity index (χ0) is 17.1. The Morgan fingerprint density at radius 1 is 1.21 bits per heavy atom. The van der Waals surface area contributed by atoms with Crippen LogP contribution in [-0.2, 0) is 9.59 Å². The molecule has 1 aromatic rings. The van der Waals surface area contributed by atoms with Gasteiger partial charge in [0, 0.05) is 33.0 Å². The molecule has 6 nitrogen and oxygen atoms in total. The number of piperidine rings is 1. The lowest BCUT2D eigenvalue weighted by Crippen LogP contribution is -2.45. The second kappa shape index (κ2) is 7.13. The van der Waals surface area contributed by atoms with Crippen molar-refractivity contribution in [3.8, 4) is 0 Å². The predicted molar refractivity (Wildman–Crippen MR) is 90.1 cm³/mol. The zero-order valence-electron chi connectivity index (χ0n) is 13.9. The highest BCUT2D eigenvalue weighted by atomic mass is 16.3. The lowest BCUT2D eigenvalue weighted by atomic mass is 9.87. The van der Waals surface area contributed by atoms with E-state index in [9.17, 15) is 14.7 Å². The molecule has 2 heterocycles. The summed E-state index contributed by atoms with van der Waals surface area (Å²) in [6, 6.07) is 9.66. The molecule has 2 amide bonds. The number of carbonyl (C=O) groups excluding carboxylic acids is 2. The number of likely N-dealkylation sites (tertiary alicyclic amines) is 1. The maximum absolute atomic E-state index is 12.5. The molecule has 0 aromatic heterocycles. The number of hydrogen-bond acceptors (Lipinski definition) is 4. The average molecular weight is 329 g/mol. The fourth-order valence-corrected chi connectivity index (χ4v) is 3.35. The number of aliphatic hydroxyl groups excluding tert-OH is 1. The molecule has 24 heavy (non-hydrogen) atoms. The number of hydrazone groups is 1. The lowest BCUT2D eigenvalue weighted by molar-refractivity contribution is -0.131. The van der Waals surface area contributed by atoms with Crippen molar-refractivity contribution >= 4 is 17.5 Å². The molecule has 1 saturated heterocycles. The number of rotatable bonds is 3. The molecule has 3 rings (SSSR count). The molecule has 0 saturated carbocycles. The summed E-state index contributed by atoms with van der Waals surface area (Å²) in [7, 11) is 1.58. The van der Waals surface area contributed by atoms with Crippen molar-refractivity contribution in [1.82, 2.24) is 9.91 Å². The summed E-state index contributed by atoms with van der Waals surface area (Å²) in [6.45, 7) is 1.23. The smallest absolute Gasteiger partial charge is 0.270 e. The maximum Gasteiger partial charge on any atom is 0.270 e. The van der Waals surface area contributed by atoms with E-state index in [1.54, 1.807) is 11.9 Å². The zero-order valence-corrected chi connectivity index (χ0v) is 13.9. The van der Waals surface area contributed by atoms with Gasteiger partial charge < -0.3 is 10.0 Å². The molecule has 1 aromatic carbocycles. The van der Waals surface area contributed by atoms with E-state index in [4.69, 9.17) is 0 Å². The Hall–Kier alpha value is -2.21. The summed E-state index contributed by atoms with van der Waals surface area (Å²) >= 11 is 0. The van der Waals surface area contributed by atoms with E-state index in [1.165, 1.54) is 5.01 Å². The number of hydrogen-bond donors (Lipinski definition) is 1. The van der Waals surface area contributed by atoms with Gasteiger partial charge >= 0.3 is 0 Å². The quantitative estimate of drug-likeness (QED) is 0.915. The molecule has 0 aliphatic carbocycles. The number of benzene rings is 1. The van der Waals surface area contributed by atoms with Crippen molar-refractivity contribution < 1.29 is 14.7 Å². The highest BCUT2D eigenvalue weighted by Gasteiger charge is 2.31. The van der Waals surface area contributed by atoms with Crippen LogP contribution in [0.15, 0.2) is 35.4 Å². The Labute approximate surface area is 141 Å². The van der Waals surface area contributed by atoms with Crippen LogP contribution in [0.4, 0.5) is 0 Å². The molecule has 0 bridgehead atoms. The van der Waals surface area contributed by atoms with Gasteiger partial charge in [-0.25, -0.2) is 5.01 Å². The van der Waals surface area contributed by atoms with Crippen molar-refractivity contribution in [2.75, 3.05) is 20.1 Å². The van der Waals surface area contributed by atoms with E-state index < -0.39 is 6.10 Å². The molecule has 2 aliphatic rings. The number of nitrogens with zero attached hydrogens (tertiary/aromatic N) is 3. The van der Waals surface area contributed by atoms with Crippen molar-refractivity contribution in [1.29, 1.82) is 0 Å². The van der Waals surface area contributed by atoms with Crippen LogP contribution in [0.25, 0.3) is 0 Å². The van der Waals surface area contributed by atoms with Gasteiger partial charge in [0.1, 0.15) is 5.71 Å². The summed E-state index contributed by atoms with van der Waals surface area (Å²) in [5.41, 5.74) is 1.39. The molecule has 6 heteroatoms. The van der Waals surface area contributed by atoms with E-state index >= 15 is 0 Å². The first kappa shape index (κ1) is 16.6. The fourth-order valence-electron chi connectivity index (χ4n) is 3.35. The van der Waals surface area contributed by atoms with Gasteiger partial charge in [-0.2, -0.15) is 5.10 Å². The molecule has 128 valence electrons. The van der Waals surface area contributed by atoms with Gasteiger partial charge in [-0.05, 0) is 24.3 Å². The Morgan fingerprint density at radius 3 is 2.50 bits per heavy atom. The number of aliphatic hydroxyl groups is 1. The Kier molecular flexibility index (Phi) is 4.94. The highest BCUT2D eigenvalue weighted by molar-refractivity contribution is 6.39. The molecule has 1 unspecified atom stereocenters. The van der Waals surface area contributed by atoms with Crippen molar-refractivity contribution in [2.24, 2.45) is 11.0 Å². The van der Waals surface area contributed by atoms with Crippen LogP contribution in [-0.4, -0.2) is 52.7 Å². The fraction of sp³-hybridized carbons (Fsp3) is 0.500. The van der Waals surface area contributed by atoms with Gasteiger partial charge in [-0.15, -0.1) is 0 Å². The first-order valence-electron chi connectivity index (χ1n) is 8.42.